The zero-order valence-corrected chi connectivity index (χ0v) is 11.7. The van der Waals surface area contributed by atoms with E-state index in [-0.39, 0.29) is 6.04 Å². The van der Waals surface area contributed by atoms with Crippen LogP contribution in [-0.4, -0.2) is 17.2 Å². The van der Waals surface area contributed by atoms with Crippen LogP contribution in [0.25, 0.3) is 10.6 Å². The molecule has 0 bridgehead atoms. The van der Waals surface area contributed by atoms with E-state index < -0.39 is 0 Å². The van der Waals surface area contributed by atoms with Gasteiger partial charge in [0.15, 0.2) is 0 Å². The molecule has 0 aliphatic heterocycles. The highest BCUT2D eigenvalue weighted by molar-refractivity contribution is 7.14. The number of halogens is 2. The fourth-order valence-electron chi connectivity index (χ4n) is 1.31. The molecule has 1 N–H and O–H groups in total. The van der Waals surface area contributed by atoms with E-state index in [1.165, 1.54) is 11.3 Å². The predicted octanol–water partition coefficient (Wildman–Crippen LogP) is 3.79. The van der Waals surface area contributed by atoms with Gasteiger partial charge >= 0.3 is 0 Å². The van der Waals surface area contributed by atoms with E-state index >= 15 is 0 Å². The number of hydrogen-bond acceptors (Lipinski definition) is 4. The number of nitrogens with one attached hydrogen (secondary N) is 1. The summed E-state index contributed by atoms with van der Waals surface area (Å²) in [5.41, 5.74) is 0.825. The predicted molar refractivity (Wildman–Crippen MR) is 72.8 cm³/mol. The zero-order chi connectivity index (χ0) is 12.4. The van der Waals surface area contributed by atoms with Crippen LogP contribution in [0.4, 0.5) is 0 Å². The van der Waals surface area contributed by atoms with Crippen LogP contribution < -0.4 is 5.32 Å². The maximum absolute atomic E-state index is 6.14. The molecular weight excluding hydrogens is 277 g/mol. The molecule has 0 amide bonds. The minimum absolute atomic E-state index is 0.180. The van der Waals surface area contributed by atoms with Crippen molar-refractivity contribution in [1.29, 1.82) is 0 Å². The summed E-state index contributed by atoms with van der Waals surface area (Å²) in [4.78, 5) is 0. The highest BCUT2D eigenvalue weighted by atomic mass is 35.5. The van der Waals surface area contributed by atoms with Gasteiger partial charge in [0.1, 0.15) is 10.0 Å². The summed E-state index contributed by atoms with van der Waals surface area (Å²) >= 11 is 13.6. The molecule has 1 atom stereocenters. The van der Waals surface area contributed by atoms with Gasteiger partial charge in [-0.15, -0.1) is 10.2 Å². The maximum atomic E-state index is 6.14. The van der Waals surface area contributed by atoms with Crippen molar-refractivity contribution in [3.05, 3.63) is 33.3 Å². The molecule has 0 aliphatic carbocycles. The van der Waals surface area contributed by atoms with E-state index in [2.05, 4.69) is 15.5 Å². The summed E-state index contributed by atoms with van der Waals surface area (Å²) < 4.78 is 0. The second-order valence-electron chi connectivity index (χ2n) is 3.56. The van der Waals surface area contributed by atoms with E-state index in [4.69, 9.17) is 23.2 Å². The Morgan fingerprint density at radius 3 is 2.76 bits per heavy atom. The summed E-state index contributed by atoms with van der Waals surface area (Å²) in [5.74, 6) is 0. The minimum Gasteiger partial charge on any atom is -0.311 e. The van der Waals surface area contributed by atoms with Gasteiger partial charge in [-0.3, -0.25) is 0 Å². The molecule has 0 spiro atoms. The summed E-state index contributed by atoms with van der Waals surface area (Å²) in [7, 11) is 1.89. The highest BCUT2D eigenvalue weighted by Gasteiger charge is 2.14. The van der Waals surface area contributed by atoms with E-state index in [1.54, 1.807) is 6.07 Å². The van der Waals surface area contributed by atoms with Gasteiger partial charge in [0.25, 0.3) is 0 Å². The molecule has 1 aromatic heterocycles. The summed E-state index contributed by atoms with van der Waals surface area (Å²) in [5, 5.41) is 14.2. The number of hydrogen-bond donors (Lipinski definition) is 1. The Bertz CT molecular complexity index is 527. The van der Waals surface area contributed by atoms with Crippen LogP contribution in [0.15, 0.2) is 18.2 Å². The van der Waals surface area contributed by atoms with Crippen LogP contribution >= 0.6 is 34.5 Å². The van der Waals surface area contributed by atoms with Crippen LogP contribution in [-0.2, 0) is 0 Å². The van der Waals surface area contributed by atoms with Crippen LogP contribution in [0, 0.1) is 0 Å². The van der Waals surface area contributed by atoms with Crippen molar-refractivity contribution >= 4 is 34.5 Å². The second-order valence-corrected chi connectivity index (χ2v) is 5.35. The van der Waals surface area contributed by atoms with Crippen molar-refractivity contribution in [3.63, 3.8) is 0 Å². The fraction of sp³-hybridized carbons (Fsp3) is 0.273. The van der Waals surface area contributed by atoms with Crippen LogP contribution in [0.3, 0.4) is 0 Å². The Morgan fingerprint density at radius 2 is 2.06 bits per heavy atom. The first-order chi connectivity index (χ1) is 8.13. The fourth-order valence-corrected chi connectivity index (χ4v) is 2.69. The number of nitrogens with zero attached hydrogens (tertiary/aromatic N) is 2. The largest absolute Gasteiger partial charge is 0.311 e. The Morgan fingerprint density at radius 1 is 1.29 bits per heavy atom. The Labute approximate surface area is 114 Å². The molecule has 6 heteroatoms. The molecule has 0 aliphatic rings. The monoisotopic (exact) mass is 287 g/mol. The highest BCUT2D eigenvalue weighted by Crippen LogP contribution is 2.35. The third-order valence-electron chi connectivity index (χ3n) is 2.43. The normalized spacial score (nSPS) is 12.7. The molecule has 17 heavy (non-hydrogen) atoms. The van der Waals surface area contributed by atoms with Gasteiger partial charge < -0.3 is 5.32 Å². The molecular formula is C11H11Cl2N3S. The quantitative estimate of drug-likeness (QED) is 0.933. The molecule has 3 nitrogen and oxygen atoms in total. The topological polar surface area (TPSA) is 37.8 Å². The molecule has 1 aromatic carbocycles. The van der Waals surface area contributed by atoms with E-state index in [0.717, 1.165) is 15.6 Å². The minimum atomic E-state index is 0.180. The smallest absolute Gasteiger partial charge is 0.149 e. The van der Waals surface area contributed by atoms with Crippen LogP contribution in [0.5, 0.6) is 0 Å². The first kappa shape index (κ1) is 12.8. The van der Waals surface area contributed by atoms with Crippen molar-refractivity contribution in [2.45, 2.75) is 13.0 Å². The second kappa shape index (κ2) is 5.31. The molecule has 1 heterocycles. The zero-order valence-electron chi connectivity index (χ0n) is 9.37. The standard InChI is InChI=1S/C11H11Cl2N3S/c1-6(14-2)10-15-16-11(17-10)7-4-3-5-8(12)9(7)13/h3-6,14H,1-2H3. The molecule has 2 rings (SSSR count). The first-order valence-corrected chi connectivity index (χ1v) is 6.65. The molecule has 0 radical (unpaired) electrons. The lowest BCUT2D eigenvalue weighted by atomic mass is 10.2. The lowest BCUT2D eigenvalue weighted by molar-refractivity contribution is 0.640. The number of aromatic nitrogens is 2. The van der Waals surface area contributed by atoms with Gasteiger partial charge in [0, 0.05) is 5.56 Å². The average Bonchev–Trinajstić information content (AvgIpc) is 2.81. The van der Waals surface area contributed by atoms with Gasteiger partial charge in [0.05, 0.1) is 16.1 Å². The molecule has 0 fully saturated rings. The summed E-state index contributed by atoms with van der Waals surface area (Å²) in [6, 6.07) is 5.68. The van der Waals surface area contributed by atoms with Gasteiger partial charge in [-0.05, 0) is 20.0 Å². The van der Waals surface area contributed by atoms with E-state index in [9.17, 15) is 0 Å². The maximum Gasteiger partial charge on any atom is 0.149 e. The van der Waals surface area contributed by atoms with Crippen LogP contribution in [0.2, 0.25) is 10.0 Å². The third kappa shape index (κ3) is 2.60. The third-order valence-corrected chi connectivity index (χ3v) is 4.38. The van der Waals surface area contributed by atoms with Crippen LogP contribution in [0.1, 0.15) is 18.0 Å². The first-order valence-electron chi connectivity index (χ1n) is 5.08. The van der Waals surface area contributed by atoms with Gasteiger partial charge in [-0.1, -0.05) is 46.7 Å². The molecule has 90 valence electrons. The average molecular weight is 288 g/mol. The van der Waals surface area contributed by atoms with Gasteiger partial charge in [-0.2, -0.15) is 0 Å². The molecule has 2 aromatic rings. The molecule has 1 unspecified atom stereocenters. The van der Waals surface area contributed by atoms with Crippen molar-refractivity contribution in [2.24, 2.45) is 0 Å². The van der Waals surface area contributed by atoms with Crippen molar-refractivity contribution < 1.29 is 0 Å². The number of benzene rings is 1. The molecule has 0 saturated heterocycles. The van der Waals surface area contributed by atoms with Gasteiger partial charge in [0.2, 0.25) is 0 Å². The summed E-state index contributed by atoms with van der Waals surface area (Å²) in [6.07, 6.45) is 0. The summed E-state index contributed by atoms with van der Waals surface area (Å²) in [6.45, 7) is 2.03. The lowest BCUT2D eigenvalue weighted by Gasteiger charge is -2.03. The Balaban J connectivity index is 2.40. The molecule has 0 saturated carbocycles. The Kier molecular flexibility index (Phi) is 3.99. The Hall–Kier alpha value is -0.680. The van der Waals surface area contributed by atoms with E-state index in [1.807, 2.05) is 26.1 Å². The van der Waals surface area contributed by atoms with Crippen molar-refractivity contribution in [2.75, 3.05) is 7.05 Å². The lowest BCUT2D eigenvalue weighted by Crippen LogP contribution is -2.11. The van der Waals surface area contributed by atoms with Crippen molar-refractivity contribution in [1.82, 2.24) is 15.5 Å². The van der Waals surface area contributed by atoms with E-state index in [0.29, 0.717) is 10.0 Å². The SMILES string of the molecule is CNC(C)c1nnc(-c2cccc(Cl)c2Cl)s1. The van der Waals surface area contributed by atoms with Gasteiger partial charge in [-0.25, -0.2) is 0 Å². The van der Waals surface area contributed by atoms with Crippen molar-refractivity contribution in [3.8, 4) is 10.6 Å². The number of rotatable bonds is 3.